The Balaban J connectivity index is 1.83. The molecule has 4 atom stereocenters. The molecule has 1 aliphatic rings. The summed E-state index contributed by atoms with van der Waals surface area (Å²) in [5, 5.41) is 0. The fraction of sp³-hybridized carbons (Fsp3) is 0.471. The van der Waals surface area contributed by atoms with Crippen molar-refractivity contribution in [3.05, 3.63) is 71.8 Å². The maximum Gasteiger partial charge on any atom is 0.417 e. The molecule has 2 aromatic carbocycles. The highest BCUT2D eigenvalue weighted by atomic mass is 16.6. The molecule has 1 saturated heterocycles. The van der Waals surface area contributed by atoms with E-state index in [1.807, 2.05) is 50.2 Å². The first-order valence-corrected chi connectivity index (χ1v) is 15.9. The van der Waals surface area contributed by atoms with Crippen LogP contribution >= 0.6 is 0 Å². The number of nitrogens with two attached hydrogens (primary N) is 2. The van der Waals surface area contributed by atoms with Gasteiger partial charge in [0.15, 0.2) is 5.96 Å². The van der Waals surface area contributed by atoms with E-state index in [0.717, 1.165) is 10.5 Å². The van der Waals surface area contributed by atoms with E-state index in [1.54, 1.807) is 24.3 Å². The van der Waals surface area contributed by atoms with Crippen LogP contribution in [0.5, 0.6) is 0 Å². The summed E-state index contributed by atoms with van der Waals surface area (Å²) >= 11 is 0. The SMILES string of the molecule is CC[C@H](C)[C@H](C(=O)N1CCC[C@H]1C(=O)N(C(=O)OCc1ccccc1)[C@H](C=O)CCCN=C(N)N)N(C)C(=O)OCc1ccccc1. The lowest BCUT2D eigenvalue weighted by atomic mass is 9.96. The van der Waals surface area contributed by atoms with Crippen molar-refractivity contribution >= 4 is 36.2 Å². The van der Waals surface area contributed by atoms with Crippen LogP contribution in [0.25, 0.3) is 0 Å². The number of guanidine groups is 1. The number of imide groups is 1. The predicted molar refractivity (Wildman–Crippen MR) is 176 cm³/mol. The molecule has 0 aromatic heterocycles. The van der Waals surface area contributed by atoms with Gasteiger partial charge in [-0.3, -0.25) is 19.5 Å². The van der Waals surface area contributed by atoms with Gasteiger partial charge in [0.2, 0.25) is 5.91 Å². The molecule has 2 aromatic rings. The summed E-state index contributed by atoms with van der Waals surface area (Å²) in [6.07, 6.45) is 0.536. The van der Waals surface area contributed by atoms with E-state index >= 15 is 0 Å². The second kappa shape index (κ2) is 18.3. The predicted octanol–water partition coefficient (Wildman–Crippen LogP) is 3.45. The molecule has 13 nitrogen and oxygen atoms in total. The number of ether oxygens (including phenoxy) is 2. The highest BCUT2D eigenvalue weighted by molar-refractivity contribution is 6.00. The van der Waals surface area contributed by atoms with Crippen LogP contribution in [-0.2, 0) is 37.1 Å². The number of nitrogens with zero attached hydrogens (tertiary/aromatic N) is 4. The van der Waals surface area contributed by atoms with E-state index in [-0.39, 0.29) is 51.0 Å². The van der Waals surface area contributed by atoms with Gasteiger partial charge in [0.05, 0.1) is 6.04 Å². The van der Waals surface area contributed by atoms with Gasteiger partial charge in [0, 0.05) is 20.1 Å². The molecule has 3 rings (SSSR count). The van der Waals surface area contributed by atoms with Crippen molar-refractivity contribution in [2.45, 2.75) is 77.3 Å². The first-order valence-electron chi connectivity index (χ1n) is 15.9. The number of carbonyl (C=O) groups is 5. The van der Waals surface area contributed by atoms with Crippen molar-refractivity contribution in [1.29, 1.82) is 0 Å². The van der Waals surface area contributed by atoms with Crippen molar-refractivity contribution < 1.29 is 33.4 Å². The van der Waals surface area contributed by atoms with Crippen LogP contribution < -0.4 is 11.5 Å². The number of amides is 4. The second-order valence-corrected chi connectivity index (χ2v) is 11.6. The minimum atomic E-state index is -1.18. The quantitative estimate of drug-likeness (QED) is 0.126. The van der Waals surface area contributed by atoms with Gasteiger partial charge in [-0.1, -0.05) is 80.9 Å². The molecule has 13 heteroatoms. The topological polar surface area (TPSA) is 178 Å². The van der Waals surface area contributed by atoms with E-state index in [1.165, 1.54) is 16.8 Å². The molecule has 1 aliphatic heterocycles. The minimum Gasteiger partial charge on any atom is -0.445 e. The molecule has 0 bridgehead atoms. The number of benzene rings is 2. The highest BCUT2D eigenvalue weighted by Gasteiger charge is 2.45. The first kappa shape index (κ1) is 36.5. The number of hydrogen-bond donors (Lipinski definition) is 2. The Morgan fingerprint density at radius 3 is 2.09 bits per heavy atom. The van der Waals surface area contributed by atoms with Crippen molar-refractivity contribution in [3.8, 4) is 0 Å². The normalized spacial score (nSPS) is 15.9. The molecule has 0 unspecified atom stereocenters. The Hall–Kier alpha value is -4.94. The number of aldehydes is 1. The van der Waals surface area contributed by atoms with Gasteiger partial charge in [-0.05, 0) is 42.7 Å². The van der Waals surface area contributed by atoms with Crippen LogP contribution in [0, 0.1) is 5.92 Å². The molecular weight excluding hydrogens is 604 g/mol. The van der Waals surface area contributed by atoms with Gasteiger partial charge in [0.1, 0.15) is 31.6 Å². The van der Waals surface area contributed by atoms with Gasteiger partial charge < -0.3 is 30.6 Å². The first-order chi connectivity index (χ1) is 22.6. The molecule has 0 aliphatic carbocycles. The van der Waals surface area contributed by atoms with Crippen molar-refractivity contribution in [2.75, 3.05) is 20.1 Å². The maximum atomic E-state index is 14.2. The Morgan fingerprint density at radius 2 is 1.55 bits per heavy atom. The zero-order valence-electron chi connectivity index (χ0n) is 27.3. The minimum absolute atomic E-state index is 0.0343. The fourth-order valence-electron chi connectivity index (χ4n) is 5.51. The lowest BCUT2D eigenvalue weighted by Crippen LogP contribution is -2.58. The highest BCUT2D eigenvalue weighted by Crippen LogP contribution is 2.27. The molecule has 0 radical (unpaired) electrons. The smallest absolute Gasteiger partial charge is 0.417 e. The van der Waals surface area contributed by atoms with E-state index in [0.29, 0.717) is 31.1 Å². The van der Waals surface area contributed by atoms with Crippen LogP contribution in [0.2, 0.25) is 0 Å². The third-order valence-corrected chi connectivity index (χ3v) is 8.25. The number of carbonyl (C=O) groups excluding carboxylic acids is 5. The Kier molecular flexibility index (Phi) is 14.2. The molecule has 254 valence electrons. The van der Waals surface area contributed by atoms with E-state index < -0.39 is 42.1 Å². The van der Waals surface area contributed by atoms with E-state index in [4.69, 9.17) is 20.9 Å². The van der Waals surface area contributed by atoms with Crippen LogP contribution in [0.4, 0.5) is 9.59 Å². The summed E-state index contributed by atoms with van der Waals surface area (Å²) < 4.78 is 11.0. The lowest BCUT2D eigenvalue weighted by molar-refractivity contribution is -0.148. The van der Waals surface area contributed by atoms with Gasteiger partial charge >= 0.3 is 12.2 Å². The monoisotopic (exact) mass is 650 g/mol. The largest absolute Gasteiger partial charge is 0.445 e. The van der Waals surface area contributed by atoms with E-state index in [2.05, 4.69) is 4.99 Å². The van der Waals surface area contributed by atoms with Crippen LogP contribution in [0.1, 0.15) is 57.1 Å². The van der Waals surface area contributed by atoms with E-state index in [9.17, 15) is 24.0 Å². The zero-order chi connectivity index (χ0) is 34.3. The zero-order valence-corrected chi connectivity index (χ0v) is 27.3. The molecule has 4 amide bonds. The molecule has 1 heterocycles. The van der Waals surface area contributed by atoms with Gasteiger partial charge in [-0.25, -0.2) is 14.5 Å². The maximum absolute atomic E-state index is 14.2. The third-order valence-electron chi connectivity index (χ3n) is 8.25. The number of hydrogen-bond acceptors (Lipinski definition) is 8. The summed E-state index contributed by atoms with van der Waals surface area (Å²) in [4.78, 5) is 74.7. The molecule has 0 saturated carbocycles. The van der Waals surface area contributed by atoms with Gasteiger partial charge in [-0.15, -0.1) is 0 Å². The Morgan fingerprint density at radius 1 is 0.979 bits per heavy atom. The molecule has 1 fully saturated rings. The second-order valence-electron chi connectivity index (χ2n) is 11.6. The summed E-state index contributed by atoms with van der Waals surface area (Å²) in [5.41, 5.74) is 12.3. The van der Waals surface area contributed by atoms with Gasteiger partial charge in [-0.2, -0.15) is 0 Å². The standard InChI is InChI=1S/C34H46N6O7/c1-4-24(2)29(38(3)33(44)46-22-25-13-7-5-8-14-25)31(43)39-20-12-18-28(39)30(42)40(27(21-41)17-11-19-37-32(35)36)34(45)47-23-26-15-9-6-10-16-26/h5-10,13-16,21,24,27-29H,4,11-12,17-20,22-23H2,1-3H3,(H4,35,36,37)/t24-,27-,28-,29+/m0/s1. The third kappa shape index (κ3) is 10.3. The Labute approximate surface area is 275 Å². The molecule has 0 spiro atoms. The van der Waals surface area contributed by atoms with Crippen LogP contribution in [0.15, 0.2) is 65.7 Å². The number of likely N-dealkylation sites (N-methyl/N-ethyl adjacent to an activating group) is 1. The average Bonchev–Trinajstić information content (AvgIpc) is 3.58. The average molecular weight is 651 g/mol. The number of aliphatic imine (C=N–C) groups is 1. The number of likely N-dealkylation sites (tertiary alicyclic amines) is 1. The summed E-state index contributed by atoms with van der Waals surface area (Å²) in [6.45, 7) is 4.09. The Bertz CT molecular complexity index is 1370. The summed E-state index contributed by atoms with van der Waals surface area (Å²) in [7, 11) is 1.50. The summed E-state index contributed by atoms with van der Waals surface area (Å²) in [6, 6.07) is 14.9. The molecule has 47 heavy (non-hydrogen) atoms. The molecule has 4 N–H and O–H groups in total. The number of rotatable bonds is 15. The lowest BCUT2D eigenvalue weighted by Gasteiger charge is -2.37. The summed E-state index contributed by atoms with van der Waals surface area (Å²) in [5.74, 6) is -1.57. The van der Waals surface area contributed by atoms with Crippen molar-refractivity contribution in [2.24, 2.45) is 22.4 Å². The van der Waals surface area contributed by atoms with Gasteiger partial charge in [0.25, 0.3) is 5.91 Å². The fourth-order valence-corrected chi connectivity index (χ4v) is 5.51. The van der Waals surface area contributed by atoms with Crippen molar-refractivity contribution in [3.63, 3.8) is 0 Å². The van der Waals surface area contributed by atoms with Crippen LogP contribution in [0.3, 0.4) is 0 Å². The van der Waals surface area contributed by atoms with Crippen LogP contribution in [-0.4, -0.2) is 89.2 Å². The molecular formula is C34H46N6O7. The van der Waals surface area contributed by atoms with Crippen molar-refractivity contribution in [1.82, 2.24) is 14.7 Å².